The van der Waals surface area contributed by atoms with Gasteiger partial charge in [-0.05, 0) is 80.5 Å². The summed E-state index contributed by atoms with van der Waals surface area (Å²) in [5, 5.41) is 0. The maximum Gasteiger partial charge on any atom is 0.343 e. The standard InChI is InChI=1S/C24H25NO4/c1-14-7-10-20-21(11-14)23(27)25(22(20)26)18-6-4-5-17(13-18)24(28)29-19-9-8-15(2)16(3)12-19/h4-6,8-9,12-14,20-21H,7,10-11H2,1-3H3/t14-,20+,21+/m0/s1. The van der Waals surface area contributed by atoms with Crippen molar-refractivity contribution < 1.29 is 19.1 Å². The Bertz CT molecular complexity index is 996. The van der Waals surface area contributed by atoms with Gasteiger partial charge in [-0.3, -0.25) is 14.5 Å². The van der Waals surface area contributed by atoms with Crippen LogP contribution in [0.4, 0.5) is 5.69 Å². The fraction of sp³-hybridized carbons (Fsp3) is 0.375. The zero-order chi connectivity index (χ0) is 20.7. The minimum absolute atomic E-state index is 0.147. The molecule has 4 rings (SSSR count). The molecule has 3 atom stereocenters. The highest BCUT2D eigenvalue weighted by Gasteiger charge is 2.50. The maximum atomic E-state index is 12.9. The first-order chi connectivity index (χ1) is 13.8. The van der Waals surface area contributed by atoms with Gasteiger partial charge < -0.3 is 4.74 Å². The van der Waals surface area contributed by atoms with Crippen molar-refractivity contribution in [1.29, 1.82) is 0 Å². The van der Waals surface area contributed by atoms with Gasteiger partial charge in [0.1, 0.15) is 5.75 Å². The van der Waals surface area contributed by atoms with Gasteiger partial charge in [0.15, 0.2) is 0 Å². The van der Waals surface area contributed by atoms with Crippen molar-refractivity contribution in [3.05, 3.63) is 59.2 Å². The topological polar surface area (TPSA) is 63.7 Å². The Morgan fingerprint density at radius 3 is 2.48 bits per heavy atom. The number of rotatable bonds is 3. The zero-order valence-electron chi connectivity index (χ0n) is 17.0. The first kappa shape index (κ1) is 19.4. The van der Waals surface area contributed by atoms with Gasteiger partial charge in [0.25, 0.3) is 0 Å². The number of fused-ring (bicyclic) bond motifs is 1. The molecular weight excluding hydrogens is 366 g/mol. The number of anilines is 1. The summed E-state index contributed by atoms with van der Waals surface area (Å²) in [6, 6.07) is 12.0. The van der Waals surface area contributed by atoms with Crippen LogP contribution in [0.15, 0.2) is 42.5 Å². The first-order valence-corrected chi connectivity index (χ1v) is 10.1. The second-order valence-electron chi connectivity index (χ2n) is 8.33. The van der Waals surface area contributed by atoms with Crippen LogP contribution in [0.3, 0.4) is 0 Å². The first-order valence-electron chi connectivity index (χ1n) is 10.1. The average molecular weight is 391 g/mol. The summed E-state index contributed by atoms with van der Waals surface area (Å²) in [5.41, 5.74) is 2.91. The summed E-state index contributed by atoms with van der Waals surface area (Å²) in [4.78, 5) is 39.7. The number of carbonyl (C=O) groups excluding carboxylic acids is 3. The van der Waals surface area contributed by atoms with E-state index in [2.05, 4.69) is 6.92 Å². The van der Waals surface area contributed by atoms with Gasteiger partial charge in [0.2, 0.25) is 11.8 Å². The Morgan fingerprint density at radius 2 is 1.72 bits per heavy atom. The highest BCUT2D eigenvalue weighted by atomic mass is 16.5. The third kappa shape index (κ3) is 3.57. The molecule has 29 heavy (non-hydrogen) atoms. The van der Waals surface area contributed by atoms with E-state index in [-0.39, 0.29) is 23.7 Å². The van der Waals surface area contributed by atoms with Crippen molar-refractivity contribution in [3.63, 3.8) is 0 Å². The molecule has 0 bridgehead atoms. The van der Waals surface area contributed by atoms with E-state index in [1.165, 1.54) is 4.90 Å². The molecule has 0 spiro atoms. The van der Waals surface area contributed by atoms with Crippen molar-refractivity contribution in [3.8, 4) is 5.75 Å². The molecule has 1 saturated heterocycles. The third-order valence-corrected chi connectivity index (χ3v) is 6.22. The zero-order valence-corrected chi connectivity index (χ0v) is 17.0. The quantitative estimate of drug-likeness (QED) is 0.441. The largest absolute Gasteiger partial charge is 0.423 e. The highest BCUT2D eigenvalue weighted by molar-refractivity contribution is 6.22. The predicted octanol–water partition coefficient (Wildman–Crippen LogP) is 4.45. The molecule has 2 aromatic rings. The number of aryl methyl sites for hydroxylation is 2. The molecule has 150 valence electrons. The molecule has 0 N–H and O–H groups in total. The van der Waals surface area contributed by atoms with Crippen molar-refractivity contribution in [2.45, 2.75) is 40.0 Å². The SMILES string of the molecule is Cc1ccc(OC(=O)c2cccc(N3C(=O)[C@@H]4CC[C@H](C)C[C@H]4C3=O)c2)cc1C. The van der Waals surface area contributed by atoms with Gasteiger partial charge in [0.05, 0.1) is 23.1 Å². The Labute approximate surface area is 170 Å². The molecule has 0 aromatic heterocycles. The van der Waals surface area contributed by atoms with Crippen molar-refractivity contribution in [1.82, 2.24) is 0 Å². The fourth-order valence-corrected chi connectivity index (χ4v) is 4.36. The van der Waals surface area contributed by atoms with E-state index in [4.69, 9.17) is 4.74 Å². The number of amides is 2. The molecule has 0 radical (unpaired) electrons. The summed E-state index contributed by atoms with van der Waals surface area (Å²) in [6.45, 7) is 6.07. The van der Waals surface area contributed by atoms with Gasteiger partial charge >= 0.3 is 5.97 Å². The molecule has 5 heteroatoms. The van der Waals surface area contributed by atoms with Gasteiger partial charge in [-0.2, -0.15) is 0 Å². The second kappa shape index (κ2) is 7.47. The summed E-state index contributed by atoms with van der Waals surface area (Å²) in [7, 11) is 0. The lowest BCUT2D eigenvalue weighted by molar-refractivity contribution is -0.122. The molecule has 0 unspecified atom stereocenters. The Balaban J connectivity index is 1.57. The number of hydrogen-bond acceptors (Lipinski definition) is 4. The summed E-state index contributed by atoms with van der Waals surface area (Å²) in [6.07, 6.45) is 2.47. The van der Waals surface area contributed by atoms with E-state index in [1.54, 1.807) is 30.3 Å². The smallest absolute Gasteiger partial charge is 0.343 e. The van der Waals surface area contributed by atoms with Gasteiger partial charge in [-0.25, -0.2) is 4.79 Å². The Kier molecular flexibility index (Phi) is 4.99. The normalized spacial score (nSPS) is 23.8. The molecule has 2 fully saturated rings. The number of nitrogens with zero attached hydrogens (tertiary/aromatic N) is 1. The Hall–Kier alpha value is -2.95. The minimum Gasteiger partial charge on any atom is -0.423 e. The number of benzene rings is 2. The Morgan fingerprint density at radius 1 is 0.966 bits per heavy atom. The molecule has 1 aliphatic carbocycles. The summed E-state index contributed by atoms with van der Waals surface area (Å²) in [5.74, 6) is -0.357. The van der Waals surface area contributed by atoms with E-state index in [9.17, 15) is 14.4 Å². The van der Waals surface area contributed by atoms with Crippen LogP contribution in [-0.2, 0) is 9.59 Å². The summed E-state index contributed by atoms with van der Waals surface area (Å²) >= 11 is 0. The van der Waals surface area contributed by atoms with Crippen LogP contribution in [0, 0.1) is 31.6 Å². The lowest BCUT2D eigenvalue weighted by Gasteiger charge is -2.25. The van der Waals surface area contributed by atoms with E-state index >= 15 is 0 Å². The van der Waals surface area contributed by atoms with Crippen molar-refractivity contribution in [2.75, 3.05) is 4.90 Å². The number of hydrogen-bond donors (Lipinski definition) is 0. The van der Waals surface area contributed by atoms with Crippen LogP contribution in [0.25, 0.3) is 0 Å². The van der Waals surface area contributed by atoms with Gasteiger partial charge in [-0.15, -0.1) is 0 Å². The fourth-order valence-electron chi connectivity index (χ4n) is 4.36. The van der Waals surface area contributed by atoms with Crippen molar-refractivity contribution >= 4 is 23.5 Å². The molecular formula is C24H25NO4. The summed E-state index contributed by atoms with van der Waals surface area (Å²) < 4.78 is 5.49. The van der Waals surface area contributed by atoms with Crippen molar-refractivity contribution in [2.24, 2.45) is 17.8 Å². The lowest BCUT2D eigenvalue weighted by atomic mass is 9.76. The predicted molar refractivity (Wildman–Crippen MR) is 110 cm³/mol. The number of esters is 1. The highest BCUT2D eigenvalue weighted by Crippen LogP contribution is 2.42. The van der Waals surface area contributed by atoms with E-state index in [0.717, 1.165) is 30.4 Å². The van der Waals surface area contributed by atoms with E-state index in [1.807, 2.05) is 26.0 Å². The van der Waals surface area contributed by atoms with Gasteiger partial charge in [0, 0.05) is 0 Å². The molecule has 2 aliphatic rings. The molecule has 1 heterocycles. The molecule has 1 aliphatic heterocycles. The van der Waals surface area contributed by atoms with Crippen LogP contribution < -0.4 is 9.64 Å². The van der Waals surface area contributed by atoms with E-state index < -0.39 is 5.97 Å². The monoisotopic (exact) mass is 391 g/mol. The number of imide groups is 1. The number of ether oxygens (including phenoxy) is 1. The molecule has 2 amide bonds. The third-order valence-electron chi connectivity index (χ3n) is 6.22. The number of carbonyl (C=O) groups is 3. The maximum absolute atomic E-state index is 12.9. The molecule has 1 saturated carbocycles. The van der Waals surface area contributed by atoms with Crippen LogP contribution in [0.5, 0.6) is 5.75 Å². The van der Waals surface area contributed by atoms with Crippen LogP contribution in [0.1, 0.15) is 47.7 Å². The second-order valence-corrected chi connectivity index (χ2v) is 8.33. The van der Waals surface area contributed by atoms with Crippen LogP contribution in [0.2, 0.25) is 0 Å². The minimum atomic E-state index is -0.514. The van der Waals surface area contributed by atoms with E-state index in [0.29, 0.717) is 22.9 Å². The van der Waals surface area contributed by atoms with Gasteiger partial charge in [-0.1, -0.05) is 19.1 Å². The van der Waals surface area contributed by atoms with Crippen LogP contribution in [-0.4, -0.2) is 17.8 Å². The van der Waals surface area contributed by atoms with Crippen LogP contribution >= 0.6 is 0 Å². The average Bonchev–Trinajstić information content (AvgIpc) is 2.94. The lowest BCUT2D eigenvalue weighted by Crippen LogP contribution is -2.31. The molecule has 5 nitrogen and oxygen atoms in total. The molecule has 2 aromatic carbocycles.